The van der Waals surface area contributed by atoms with Crippen molar-refractivity contribution in [3.8, 4) is 0 Å². The van der Waals surface area contributed by atoms with Crippen LogP contribution in [0.25, 0.3) is 0 Å². The highest BCUT2D eigenvalue weighted by atomic mass is 16.6. The molecule has 0 saturated heterocycles. The molecule has 1 saturated carbocycles. The minimum atomic E-state index is -0.295. The molecule has 0 radical (unpaired) electrons. The summed E-state index contributed by atoms with van der Waals surface area (Å²) >= 11 is 0. The Hall–Kier alpha value is -1.49. The number of nitro groups is 1. The van der Waals surface area contributed by atoms with E-state index in [1.807, 2.05) is 14.0 Å². The molecule has 0 amide bonds. The van der Waals surface area contributed by atoms with Gasteiger partial charge < -0.3 is 5.32 Å². The number of hydrogen-bond acceptors (Lipinski definition) is 4. The molecular formula is C14H21N3O2. The Morgan fingerprint density at radius 1 is 1.53 bits per heavy atom. The Labute approximate surface area is 113 Å². The number of pyridine rings is 1. The second-order valence-electron chi connectivity index (χ2n) is 5.67. The molecular weight excluding hydrogens is 242 g/mol. The third-order valence-electron chi connectivity index (χ3n) is 4.52. The minimum Gasteiger partial charge on any atom is -0.317 e. The Morgan fingerprint density at radius 3 is 2.63 bits per heavy atom. The van der Waals surface area contributed by atoms with Crippen LogP contribution in [0, 0.1) is 29.4 Å². The van der Waals surface area contributed by atoms with Crippen molar-refractivity contribution in [1.29, 1.82) is 0 Å². The summed E-state index contributed by atoms with van der Waals surface area (Å²) in [6.45, 7) is 5.73. The predicted molar refractivity (Wildman–Crippen MR) is 74.3 cm³/mol. The molecule has 19 heavy (non-hydrogen) atoms. The minimum absolute atomic E-state index is 0.220. The first-order chi connectivity index (χ1) is 8.91. The Bertz CT molecular complexity index is 510. The van der Waals surface area contributed by atoms with Crippen LogP contribution in [0.2, 0.25) is 0 Å². The molecule has 0 spiro atoms. The highest BCUT2D eigenvalue weighted by Gasteiger charge is 2.47. The van der Waals surface area contributed by atoms with Gasteiger partial charge in [0.2, 0.25) is 0 Å². The van der Waals surface area contributed by atoms with E-state index in [0.29, 0.717) is 11.6 Å². The standard InChI is InChI=1S/C14H21N3O2/c1-9-8-16-12(10(2)13(9)17(18)19)7-14(5-6-14)11(3)15-4/h8,11,15H,5-7H2,1-4H3. The fourth-order valence-electron chi connectivity index (χ4n) is 2.79. The number of rotatable bonds is 5. The smallest absolute Gasteiger partial charge is 0.278 e. The van der Waals surface area contributed by atoms with Gasteiger partial charge >= 0.3 is 0 Å². The summed E-state index contributed by atoms with van der Waals surface area (Å²) in [5, 5.41) is 14.4. The molecule has 0 aromatic carbocycles. The van der Waals surface area contributed by atoms with Gasteiger partial charge in [0.25, 0.3) is 5.69 Å². The molecule has 1 atom stereocenters. The van der Waals surface area contributed by atoms with Crippen LogP contribution in [-0.2, 0) is 6.42 Å². The van der Waals surface area contributed by atoms with E-state index >= 15 is 0 Å². The Morgan fingerprint density at radius 2 is 2.16 bits per heavy atom. The van der Waals surface area contributed by atoms with Crippen LogP contribution >= 0.6 is 0 Å². The highest BCUT2D eigenvalue weighted by molar-refractivity contribution is 5.47. The number of nitrogens with zero attached hydrogens (tertiary/aromatic N) is 2. The molecule has 1 N–H and O–H groups in total. The van der Waals surface area contributed by atoms with Gasteiger partial charge in [-0.1, -0.05) is 0 Å². The van der Waals surface area contributed by atoms with Gasteiger partial charge in [-0.2, -0.15) is 0 Å². The number of hydrogen-bond donors (Lipinski definition) is 1. The van der Waals surface area contributed by atoms with Gasteiger partial charge in [0.05, 0.1) is 10.6 Å². The van der Waals surface area contributed by atoms with Crippen LogP contribution in [0.5, 0.6) is 0 Å². The van der Waals surface area contributed by atoms with Crippen LogP contribution in [0.1, 0.15) is 36.6 Å². The lowest BCUT2D eigenvalue weighted by molar-refractivity contribution is -0.386. The van der Waals surface area contributed by atoms with Crippen molar-refractivity contribution in [2.24, 2.45) is 5.41 Å². The van der Waals surface area contributed by atoms with Crippen LogP contribution < -0.4 is 5.32 Å². The highest BCUT2D eigenvalue weighted by Crippen LogP contribution is 2.51. The number of aryl methyl sites for hydroxylation is 1. The van der Waals surface area contributed by atoms with Gasteiger partial charge in [-0.3, -0.25) is 15.1 Å². The van der Waals surface area contributed by atoms with Crippen molar-refractivity contribution < 1.29 is 4.92 Å². The van der Waals surface area contributed by atoms with E-state index in [0.717, 1.165) is 30.5 Å². The molecule has 5 heteroatoms. The van der Waals surface area contributed by atoms with Crippen LogP contribution in [0.3, 0.4) is 0 Å². The normalized spacial score (nSPS) is 18.1. The predicted octanol–water partition coefficient (Wildman–Crippen LogP) is 2.54. The summed E-state index contributed by atoms with van der Waals surface area (Å²) in [7, 11) is 1.96. The second-order valence-corrected chi connectivity index (χ2v) is 5.67. The molecule has 104 valence electrons. The lowest BCUT2D eigenvalue weighted by Gasteiger charge is -2.23. The lowest BCUT2D eigenvalue weighted by Crippen LogP contribution is -2.33. The third-order valence-corrected chi connectivity index (χ3v) is 4.52. The van der Waals surface area contributed by atoms with Crippen LogP contribution in [-0.4, -0.2) is 23.0 Å². The Balaban J connectivity index is 2.32. The number of nitrogens with one attached hydrogen (secondary N) is 1. The SMILES string of the molecule is CNC(C)C1(Cc2ncc(C)c([N+](=O)[O-])c2C)CC1. The molecule has 5 nitrogen and oxygen atoms in total. The van der Waals surface area contributed by atoms with E-state index in [1.54, 1.807) is 13.1 Å². The Kier molecular flexibility index (Phi) is 3.58. The maximum Gasteiger partial charge on any atom is 0.278 e. The van der Waals surface area contributed by atoms with Crippen LogP contribution in [0.15, 0.2) is 6.20 Å². The molecule has 1 aromatic rings. The molecule has 1 aliphatic rings. The zero-order valence-corrected chi connectivity index (χ0v) is 12.0. The lowest BCUT2D eigenvalue weighted by atomic mass is 9.90. The second kappa shape index (κ2) is 4.89. The molecule has 2 rings (SSSR count). The summed E-state index contributed by atoms with van der Waals surface area (Å²) < 4.78 is 0. The molecule has 1 unspecified atom stereocenters. The van der Waals surface area contributed by atoms with Gasteiger partial charge in [0.1, 0.15) is 0 Å². The molecule has 1 fully saturated rings. The van der Waals surface area contributed by atoms with E-state index in [9.17, 15) is 10.1 Å². The van der Waals surface area contributed by atoms with Gasteiger partial charge in [-0.05, 0) is 52.5 Å². The van der Waals surface area contributed by atoms with Crippen molar-refractivity contribution in [2.75, 3.05) is 7.05 Å². The van der Waals surface area contributed by atoms with Crippen molar-refractivity contribution in [1.82, 2.24) is 10.3 Å². The summed E-state index contributed by atoms with van der Waals surface area (Å²) in [6, 6.07) is 0.411. The third kappa shape index (κ3) is 2.47. The topological polar surface area (TPSA) is 68.1 Å². The van der Waals surface area contributed by atoms with Gasteiger partial charge in [0.15, 0.2) is 0 Å². The molecule has 0 bridgehead atoms. The van der Waals surface area contributed by atoms with Gasteiger partial charge in [-0.15, -0.1) is 0 Å². The zero-order chi connectivity index (χ0) is 14.2. The van der Waals surface area contributed by atoms with E-state index in [-0.39, 0.29) is 16.0 Å². The fraction of sp³-hybridized carbons (Fsp3) is 0.643. The van der Waals surface area contributed by atoms with Crippen molar-refractivity contribution in [3.05, 3.63) is 33.1 Å². The molecule has 1 heterocycles. The van der Waals surface area contributed by atoms with Crippen molar-refractivity contribution in [3.63, 3.8) is 0 Å². The summed E-state index contributed by atoms with van der Waals surface area (Å²) in [6.07, 6.45) is 4.78. The van der Waals surface area contributed by atoms with Gasteiger partial charge in [0, 0.05) is 23.4 Å². The maximum absolute atomic E-state index is 11.1. The molecule has 1 aliphatic carbocycles. The van der Waals surface area contributed by atoms with E-state index in [2.05, 4.69) is 17.2 Å². The molecule has 1 aromatic heterocycles. The van der Waals surface area contributed by atoms with E-state index < -0.39 is 0 Å². The van der Waals surface area contributed by atoms with Crippen molar-refractivity contribution >= 4 is 5.69 Å². The first kappa shape index (κ1) is 13.9. The summed E-state index contributed by atoms with van der Waals surface area (Å²) in [5.41, 5.74) is 2.68. The fourth-order valence-corrected chi connectivity index (χ4v) is 2.79. The first-order valence-electron chi connectivity index (χ1n) is 6.68. The average molecular weight is 263 g/mol. The average Bonchev–Trinajstić information content (AvgIpc) is 3.12. The first-order valence-corrected chi connectivity index (χ1v) is 6.68. The summed E-state index contributed by atoms with van der Waals surface area (Å²) in [5.74, 6) is 0. The van der Waals surface area contributed by atoms with Crippen LogP contribution in [0.4, 0.5) is 5.69 Å². The van der Waals surface area contributed by atoms with Gasteiger partial charge in [-0.25, -0.2) is 0 Å². The van der Waals surface area contributed by atoms with Crippen molar-refractivity contribution in [2.45, 2.75) is 46.1 Å². The number of aromatic nitrogens is 1. The maximum atomic E-state index is 11.1. The quantitative estimate of drug-likeness (QED) is 0.654. The monoisotopic (exact) mass is 263 g/mol. The van der Waals surface area contributed by atoms with E-state index in [4.69, 9.17) is 0 Å². The zero-order valence-electron chi connectivity index (χ0n) is 12.0. The largest absolute Gasteiger partial charge is 0.317 e. The summed E-state index contributed by atoms with van der Waals surface area (Å²) in [4.78, 5) is 15.3. The molecule has 0 aliphatic heterocycles. The van der Waals surface area contributed by atoms with E-state index in [1.165, 1.54) is 0 Å².